The van der Waals surface area contributed by atoms with Crippen LogP contribution in [0.4, 0.5) is 11.8 Å². The van der Waals surface area contributed by atoms with Crippen molar-refractivity contribution in [2.24, 2.45) is 0 Å². The second-order valence-electron chi connectivity index (χ2n) is 9.06. The van der Waals surface area contributed by atoms with Crippen LogP contribution in [0.2, 0.25) is 0 Å². The predicted octanol–water partition coefficient (Wildman–Crippen LogP) is 4.16. The Hall–Kier alpha value is -4.53. The average Bonchev–Trinajstić information content (AvgIpc) is 3.22. The largest absolute Gasteiger partial charge is 0.493 e. The summed E-state index contributed by atoms with van der Waals surface area (Å²) in [5, 5.41) is 0.703. The molecule has 0 radical (unpaired) electrons. The number of hydrogen-bond acceptors (Lipinski definition) is 8. The van der Waals surface area contributed by atoms with Crippen LogP contribution in [0.15, 0.2) is 66.7 Å². The van der Waals surface area contributed by atoms with Gasteiger partial charge in [-0.2, -0.15) is 4.98 Å². The first-order chi connectivity index (χ1) is 18.6. The number of nitrogens with two attached hydrogens (primary N) is 1. The van der Waals surface area contributed by atoms with Crippen molar-refractivity contribution >= 4 is 28.6 Å². The molecule has 9 heteroatoms. The van der Waals surface area contributed by atoms with E-state index in [9.17, 15) is 4.79 Å². The highest BCUT2D eigenvalue weighted by Crippen LogP contribution is 2.34. The SMILES string of the molecule is COc1cc2nc(N3CCCN(C(=O)c4ccc(OCc5ccccc5)cc4)CC3)nc(N)c2cc1OC. The minimum atomic E-state index is -0.00256. The van der Waals surface area contributed by atoms with Gasteiger partial charge < -0.3 is 29.7 Å². The van der Waals surface area contributed by atoms with Gasteiger partial charge in [-0.3, -0.25) is 4.79 Å². The lowest BCUT2D eigenvalue weighted by atomic mass is 10.2. The summed E-state index contributed by atoms with van der Waals surface area (Å²) in [6.07, 6.45) is 0.789. The number of anilines is 2. The first kappa shape index (κ1) is 25.1. The van der Waals surface area contributed by atoms with Crippen molar-refractivity contribution < 1.29 is 19.0 Å². The van der Waals surface area contributed by atoms with E-state index in [4.69, 9.17) is 24.9 Å². The Morgan fingerprint density at radius 2 is 1.63 bits per heavy atom. The summed E-state index contributed by atoms with van der Waals surface area (Å²) < 4.78 is 16.7. The fraction of sp³-hybridized carbons (Fsp3) is 0.276. The smallest absolute Gasteiger partial charge is 0.253 e. The number of carbonyl (C=O) groups is 1. The number of carbonyl (C=O) groups excluding carboxylic acids is 1. The molecule has 2 heterocycles. The lowest BCUT2D eigenvalue weighted by molar-refractivity contribution is 0.0767. The molecular formula is C29H31N5O4. The van der Waals surface area contributed by atoms with E-state index < -0.39 is 0 Å². The Kier molecular flexibility index (Phi) is 7.44. The van der Waals surface area contributed by atoms with Crippen molar-refractivity contribution in [3.8, 4) is 17.2 Å². The van der Waals surface area contributed by atoms with E-state index in [1.54, 1.807) is 26.4 Å². The van der Waals surface area contributed by atoms with Gasteiger partial charge >= 0.3 is 0 Å². The lowest BCUT2D eigenvalue weighted by Crippen LogP contribution is -2.35. The minimum Gasteiger partial charge on any atom is -0.493 e. The number of methoxy groups -OCH3 is 2. The zero-order valence-electron chi connectivity index (χ0n) is 21.6. The normalized spacial score (nSPS) is 13.7. The predicted molar refractivity (Wildman–Crippen MR) is 147 cm³/mol. The summed E-state index contributed by atoms with van der Waals surface area (Å²) in [7, 11) is 3.16. The highest BCUT2D eigenvalue weighted by molar-refractivity contribution is 5.94. The highest BCUT2D eigenvalue weighted by Gasteiger charge is 2.23. The van der Waals surface area contributed by atoms with Gasteiger partial charge in [-0.25, -0.2) is 4.98 Å². The summed E-state index contributed by atoms with van der Waals surface area (Å²) in [6.45, 7) is 3.00. The third-order valence-corrected chi connectivity index (χ3v) is 6.63. The maximum absolute atomic E-state index is 13.2. The Bertz CT molecular complexity index is 1410. The molecule has 2 N–H and O–H groups in total. The van der Waals surface area contributed by atoms with E-state index in [0.717, 1.165) is 17.7 Å². The third kappa shape index (κ3) is 5.41. The molecule has 1 amide bonds. The quantitative estimate of drug-likeness (QED) is 0.393. The molecule has 1 aliphatic rings. The molecule has 0 atom stereocenters. The van der Waals surface area contributed by atoms with Crippen molar-refractivity contribution in [2.45, 2.75) is 13.0 Å². The fourth-order valence-electron chi connectivity index (χ4n) is 4.55. The molecule has 0 bridgehead atoms. The Morgan fingerprint density at radius 3 is 2.37 bits per heavy atom. The van der Waals surface area contributed by atoms with Crippen molar-refractivity contribution in [1.82, 2.24) is 14.9 Å². The summed E-state index contributed by atoms with van der Waals surface area (Å²) in [6, 6.07) is 20.9. The third-order valence-electron chi connectivity index (χ3n) is 6.63. The summed E-state index contributed by atoms with van der Waals surface area (Å²) >= 11 is 0. The molecule has 0 unspecified atom stereocenters. The van der Waals surface area contributed by atoms with Crippen LogP contribution < -0.4 is 24.8 Å². The van der Waals surface area contributed by atoms with Crippen LogP contribution in [-0.4, -0.2) is 61.2 Å². The van der Waals surface area contributed by atoms with E-state index in [-0.39, 0.29) is 5.91 Å². The highest BCUT2D eigenvalue weighted by atomic mass is 16.5. The van der Waals surface area contributed by atoms with Gasteiger partial charge in [-0.05, 0) is 42.3 Å². The monoisotopic (exact) mass is 513 g/mol. The first-order valence-electron chi connectivity index (χ1n) is 12.6. The number of fused-ring (bicyclic) bond motifs is 1. The molecule has 1 aromatic heterocycles. The molecule has 0 aliphatic carbocycles. The standard InChI is InChI=1S/C29H31N5O4/c1-36-25-17-23-24(18-26(25)37-2)31-29(32-27(23)30)34-14-6-13-33(15-16-34)28(35)21-9-11-22(12-10-21)38-19-20-7-4-3-5-8-20/h3-5,7-12,17-18H,6,13-16,19H2,1-2H3,(H2,30,31,32). The Labute approximate surface area is 221 Å². The van der Waals surface area contributed by atoms with Gasteiger partial charge in [0.2, 0.25) is 5.95 Å². The molecule has 3 aromatic carbocycles. The van der Waals surface area contributed by atoms with Gasteiger partial charge in [0.15, 0.2) is 11.5 Å². The van der Waals surface area contributed by atoms with Gasteiger partial charge in [-0.1, -0.05) is 30.3 Å². The lowest BCUT2D eigenvalue weighted by Gasteiger charge is -2.23. The number of nitrogen functional groups attached to an aromatic ring is 1. The molecule has 4 aromatic rings. The maximum atomic E-state index is 13.2. The zero-order valence-corrected chi connectivity index (χ0v) is 21.6. The van der Waals surface area contributed by atoms with Crippen LogP contribution in [0.3, 0.4) is 0 Å². The van der Waals surface area contributed by atoms with E-state index in [1.807, 2.05) is 59.5 Å². The van der Waals surface area contributed by atoms with E-state index in [2.05, 4.69) is 9.88 Å². The van der Waals surface area contributed by atoms with Crippen molar-refractivity contribution in [3.05, 3.63) is 77.9 Å². The molecule has 38 heavy (non-hydrogen) atoms. The summed E-state index contributed by atoms with van der Waals surface area (Å²) in [5.74, 6) is 2.79. The van der Waals surface area contributed by atoms with E-state index in [1.165, 1.54) is 0 Å². The van der Waals surface area contributed by atoms with Gasteiger partial charge in [0, 0.05) is 43.2 Å². The van der Waals surface area contributed by atoms with Crippen LogP contribution >= 0.6 is 0 Å². The molecule has 196 valence electrons. The van der Waals surface area contributed by atoms with E-state index in [0.29, 0.717) is 72.5 Å². The van der Waals surface area contributed by atoms with E-state index >= 15 is 0 Å². The molecule has 1 aliphatic heterocycles. The average molecular weight is 514 g/mol. The minimum absolute atomic E-state index is 0.00256. The molecule has 1 saturated heterocycles. The number of benzene rings is 3. The van der Waals surface area contributed by atoms with Crippen molar-refractivity contribution in [1.29, 1.82) is 0 Å². The first-order valence-corrected chi connectivity index (χ1v) is 12.6. The van der Waals surface area contributed by atoms with Crippen LogP contribution in [0.25, 0.3) is 10.9 Å². The Morgan fingerprint density at radius 1 is 0.895 bits per heavy atom. The number of hydrogen-bond donors (Lipinski definition) is 1. The molecule has 5 rings (SSSR count). The number of aromatic nitrogens is 2. The van der Waals surface area contributed by atoms with Crippen LogP contribution in [0.1, 0.15) is 22.3 Å². The molecule has 9 nitrogen and oxygen atoms in total. The van der Waals surface area contributed by atoms with Gasteiger partial charge in [0.05, 0.1) is 19.7 Å². The topological polar surface area (TPSA) is 103 Å². The molecule has 0 spiro atoms. The van der Waals surface area contributed by atoms with Gasteiger partial charge in [0.1, 0.15) is 18.2 Å². The van der Waals surface area contributed by atoms with Crippen molar-refractivity contribution in [2.75, 3.05) is 51.0 Å². The number of ether oxygens (including phenoxy) is 3. The number of nitrogens with zero attached hydrogens (tertiary/aromatic N) is 4. The second-order valence-corrected chi connectivity index (χ2v) is 9.06. The van der Waals surface area contributed by atoms with Crippen LogP contribution in [0.5, 0.6) is 17.2 Å². The zero-order chi connectivity index (χ0) is 26.5. The fourth-order valence-corrected chi connectivity index (χ4v) is 4.55. The maximum Gasteiger partial charge on any atom is 0.253 e. The number of amides is 1. The van der Waals surface area contributed by atoms with Crippen molar-refractivity contribution in [3.63, 3.8) is 0 Å². The van der Waals surface area contributed by atoms with Crippen LogP contribution in [0, 0.1) is 0 Å². The van der Waals surface area contributed by atoms with Crippen LogP contribution in [-0.2, 0) is 6.61 Å². The molecular weight excluding hydrogens is 482 g/mol. The summed E-state index contributed by atoms with van der Waals surface area (Å²) in [5.41, 5.74) is 8.70. The van der Waals surface area contributed by atoms with Gasteiger partial charge in [0.25, 0.3) is 5.91 Å². The Balaban J connectivity index is 1.25. The molecule has 1 fully saturated rings. The number of rotatable bonds is 7. The second kappa shape index (κ2) is 11.2. The van der Waals surface area contributed by atoms with Gasteiger partial charge in [-0.15, -0.1) is 0 Å². The summed E-state index contributed by atoms with van der Waals surface area (Å²) in [4.78, 5) is 26.5. The molecule has 0 saturated carbocycles.